The maximum Gasteiger partial charge on any atom is 0.408 e. The largest absolute Gasteiger partial charge is 0.497 e. The molecule has 4 aliphatic rings. The summed E-state index contributed by atoms with van der Waals surface area (Å²) in [5.41, 5.74) is 1.01. The maximum atomic E-state index is 15.1. The van der Waals surface area contributed by atoms with Gasteiger partial charge in [0.15, 0.2) is 0 Å². The summed E-state index contributed by atoms with van der Waals surface area (Å²) in [6, 6.07) is 26.8. The molecule has 2 saturated carbocycles. The van der Waals surface area contributed by atoms with Crippen LogP contribution < -0.4 is 29.6 Å². The number of benzene rings is 4. The number of nitrogens with one attached hydrogen (secondary N) is 3. The number of nitrogens with zero attached hydrogens (tertiary/aromatic N) is 2. The SMILES string of the molecule is COc1ccc2c(O[C@@H]3C[C@H]4C(=O)N[C@@]5(C(=O)NS(=O)(=O)c6ccc(Cl)cc6)CC5/C=C\COc5cccc(c5)C[C@@H](NC(=O)OC5CCCC5)C(=O)N4C3)cc(-c3ccccc3)nc2c1. The minimum absolute atomic E-state index is 0.0240. The van der Waals surface area contributed by atoms with Crippen LogP contribution in [0.2, 0.25) is 5.02 Å². The zero-order valence-corrected chi connectivity index (χ0v) is 37.6. The first-order chi connectivity index (χ1) is 31.9. The van der Waals surface area contributed by atoms with Crippen LogP contribution in [0.3, 0.4) is 0 Å². The highest BCUT2D eigenvalue weighted by Gasteiger charge is 2.62. The number of fused-ring (bicyclic) bond motifs is 5. The zero-order chi connectivity index (χ0) is 46.0. The number of pyridine rings is 1. The van der Waals surface area contributed by atoms with Gasteiger partial charge < -0.3 is 34.5 Å². The zero-order valence-electron chi connectivity index (χ0n) is 36.0. The van der Waals surface area contributed by atoms with Crippen LogP contribution in [0.15, 0.2) is 120 Å². The molecule has 4 amide bonds. The average Bonchev–Trinajstić information content (AvgIpc) is 3.56. The van der Waals surface area contributed by atoms with E-state index in [1.54, 1.807) is 49.6 Å². The number of ether oxygens (including phenoxy) is 4. The third-order valence-electron chi connectivity index (χ3n) is 12.5. The molecule has 3 fully saturated rings. The normalized spacial score (nSPS) is 23.7. The van der Waals surface area contributed by atoms with Crippen LogP contribution in [-0.4, -0.2) is 92.2 Å². The summed E-state index contributed by atoms with van der Waals surface area (Å²) < 4.78 is 53.3. The fourth-order valence-corrected chi connectivity index (χ4v) is 10.1. The van der Waals surface area contributed by atoms with Gasteiger partial charge in [0.05, 0.1) is 29.8 Å². The molecule has 3 heterocycles. The van der Waals surface area contributed by atoms with E-state index in [0.717, 1.165) is 18.4 Å². The molecule has 2 aliphatic carbocycles. The van der Waals surface area contributed by atoms with Crippen molar-refractivity contribution >= 4 is 56.3 Å². The van der Waals surface area contributed by atoms with Crippen molar-refractivity contribution in [2.75, 3.05) is 20.3 Å². The van der Waals surface area contributed by atoms with Gasteiger partial charge in [-0.1, -0.05) is 66.2 Å². The van der Waals surface area contributed by atoms with Crippen LogP contribution in [0.1, 0.15) is 44.1 Å². The second kappa shape index (κ2) is 18.7. The quantitative estimate of drug-likeness (QED) is 0.136. The smallest absolute Gasteiger partial charge is 0.408 e. The van der Waals surface area contributed by atoms with Gasteiger partial charge in [-0.15, -0.1) is 0 Å². The number of hydrogen-bond donors (Lipinski definition) is 3. The number of amides is 4. The Morgan fingerprint density at radius 3 is 2.50 bits per heavy atom. The van der Waals surface area contributed by atoms with E-state index < -0.39 is 63.5 Å². The molecule has 66 heavy (non-hydrogen) atoms. The molecule has 342 valence electrons. The van der Waals surface area contributed by atoms with Crippen molar-refractivity contribution in [1.82, 2.24) is 25.2 Å². The number of sulfonamides is 1. The molecule has 5 atom stereocenters. The highest BCUT2D eigenvalue weighted by Crippen LogP contribution is 2.46. The molecule has 4 aromatic carbocycles. The number of alkyl carbamates (subject to hydrolysis) is 1. The van der Waals surface area contributed by atoms with E-state index >= 15 is 4.79 Å². The third-order valence-corrected chi connectivity index (χ3v) is 14.1. The van der Waals surface area contributed by atoms with Crippen LogP contribution in [0.4, 0.5) is 4.79 Å². The van der Waals surface area contributed by atoms with Crippen LogP contribution in [0.5, 0.6) is 17.2 Å². The second-order valence-corrected chi connectivity index (χ2v) is 19.1. The molecule has 2 bridgehead atoms. The Kier molecular flexibility index (Phi) is 12.6. The van der Waals surface area contributed by atoms with Crippen molar-refractivity contribution in [2.24, 2.45) is 5.92 Å². The number of rotatable bonds is 9. The minimum atomic E-state index is -4.41. The molecule has 17 heteroatoms. The number of carbonyl (C=O) groups excluding carboxylic acids is 4. The van der Waals surface area contributed by atoms with Gasteiger partial charge in [0, 0.05) is 46.9 Å². The minimum Gasteiger partial charge on any atom is -0.497 e. The first kappa shape index (κ1) is 44.5. The Morgan fingerprint density at radius 2 is 1.73 bits per heavy atom. The molecule has 3 N–H and O–H groups in total. The van der Waals surface area contributed by atoms with Crippen molar-refractivity contribution in [1.29, 1.82) is 0 Å². The highest BCUT2D eigenvalue weighted by molar-refractivity contribution is 7.90. The number of hydrogen-bond acceptors (Lipinski definition) is 11. The number of halogens is 1. The number of carbonyl (C=O) groups is 4. The lowest BCUT2D eigenvalue weighted by Gasteiger charge is -2.30. The summed E-state index contributed by atoms with van der Waals surface area (Å²) >= 11 is 6.01. The molecule has 1 saturated heterocycles. The van der Waals surface area contributed by atoms with E-state index in [1.165, 1.54) is 29.2 Å². The topological polar surface area (TPSA) is 192 Å². The summed E-state index contributed by atoms with van der Waals surface area (Å²) in [5.74, 6) is -1.37. The number of aromatic nitrogens is 1. The average molecular weight is 934 g/mol. The van der Waals surface area contributed by atoms with Crippen molar-refractivity contribution in [3.63, 3.8) is 0 Å². The van der Waals surface area contributed by atoms with E-state index in [9.17, 15) is 22.8 Å². The fraction of sp³-hybridized carbons (Fsp3) is 0.327. The van der Waals surface area contributed by atoms with Crippen LogP contribution in [0.25, 0.3) is 22.2 Å². The Morgan fingerprint density at radius 1 is 0.939 bits per heavy atom. The van der Waals surface area contributed by atoms with Crippen molar-refractivity contribution < 1.29 is 46.5 Å². The van der Waals surface area contributed by atoms with E-state index in [1.807, 2.05) is 48.5 Å². The van der Waals surface area contributed by atoms with Gasteiger partial charge in [-0.2, -0.15) is 0 Å². The molecular formula is C49H48ClN5O10S. The molecule has 9 rings (SSSR count). The molecule has 0 radical (unpaired) electrons. The Bertz CT molecular complexity index is 2800. The predicted octanol–water partition coefficient (Wildman–Crippen LogP) is 6.52. The summed E-state index contributed by atoms with van der Waals surface area (Å²) in [6.07, 6.45) is 4.92. The monoisotopic (exact) mass is 933 g/mol. The molecule has 0 spiro atoms. The van der Waals surface area contributed by atoms with Gasteiger partial charge in [-0.05, 0) is 86.2 Å². The van der Waals surface area contributed by atoms with Crippen LogP contribution in [-0.2, 0) is 35.6 Å². The first-order valence-corrected chi connectivity index (χ1v) is 23.8. The van der Waals surface area contributed by atoms with Crippen LogP contribution >= 0.6 is 11.6 Å². The molecule has 1 unspecified atom stereocenters. The van der Waals surface area contributed by atoms with Gasteiger partial charge in [0.2, 0.25) is 11.8 Å². The van der Waals surface area contributed by atoms with Gasteiger partial charge >= 0.3 is 6.09 Å². The van der Waals surface area contributed by atoms with Gasteiger partial charge in [-0.25, -0.2) is 22.9 Å². The Hall–Kier alpha value is -6.65. The van der Waals surface area contributed by atoms with Gasteiger partial charge in [0.1, 0.15) is 53.7 Å². The fourth-order valence-electron chi connectivity index (χ4n) is 8.98. The van der Waals surface area contributed by atoms with Crippen molar-refractivity contribution in [3.05, 3.63) is 126 Å². The molecule has 2 aliphatic heterocycles. The lowest BCUT2D eigenvalue weighted by Crippen LogP contribution is -2.58. The third kappa shape index (κ3) is 9.65. The lowest BCUT2D eigenvalue weighted by atomic mass is 10.0. The second-order valence-electron chi connectivity index (χ2n) is 17.0. The summed E-state index contributed by atoms with van der Waals surface area (Å²) in [5, 5.41) is 6.65. The highest BCUT2D eigenvalue weighted by atomic mass is 35.5. The molecule has 15 nitrogen and oxygen atoms in total. The Balaban J connectivity index is 1.08. The van der Waals surface area contributed by atoms with E-state index in [-0.39, 0.29) is 43.4 Å². The Labute approximate surface area is 386 Å². The van der Waals surface area contributed by atoms with Crippen molar-refractivity contribution in [3.8, 4) is 28.5 Å². The van der Waals surface area contributed by atoms with E-state index in [2.05, 4.69) is 15.4 Å². The molecule has 1 aromatic heterocycles. The van der Waals surface area contributed by atoms with Crippen molar-refractivity contribution in [2.45, 2.75) is 79.7 Å². The predicted molar refractivity (Wildman–Crippen MR) is 244 cm³/mol. The van der Waals surface area contributed by atoms with E-state index in [0.29, 0.717) is 57.3 Å². The van der Waals surface area contributed by atoms with Crippen LogP contribution in [0, 0.1) is 5.92 Å². The first-order valence-electron chi connectivity index (χ1n) is 21.9. The maximum absolute atomic E-state index is 15.1. The molecule has 5 aromatic rings. The summed E-state index contributed by atoms with van der Waals surface area (Å²) in [7, 11) is -2.84. The molecular weight excluding hydrogens is 886 g/mol. The van der Waals surface area contributed by atoms with Gasteiger partial charge in [0.25, 0.3) is 15.9 Å². The number of methoxy groups -OCH3 is 1. The lowest BCUT2D eigenvalue weighted by molar-refractivity contribution is -0.141. The standard InChI is InChI=1S/C49H48ClN5O10S/c1-62-35-18-21-39-41(25-35)51-40(31-10-3-2-4-11-31)27-44(39)64-37-26-43-45(56)53-49(47(58)54-66(60,61)38-19-16-33(50)17-20-38)28-32(49)12-8-22-63-36-15-7-9-30(23-36)24-42(46(57)55(43)29-37)52-48(59)65-34-13-5-6-14-34/h2-4,7-12,15-21,23,25,27,32,34,37,42-43H,5-6,13-14,22,24,26,28-29H2,1H3,(H,52,59)(H,53,56)(H,54,58)/b12-8-/t32?,37-,42-,43+,49+/m1/s1. The van der Waals surface area contributed by atoms with Gasteiger partial charge in [-0.3, -0.25) is 14.4 Å². The summed E-state index contributed by atoms with van der Waals surface area (Å²) in [6.45, 7) is -0.00902. The van der Waals surface area contributed by atoms with E-state index in [4.69, 9.17) is 35.5 Å². The summed E-state index contributed by atoms with van der Waals surface area (Å²) in [4.78, 5) is 63.8.